The van der Waals surface area contributed by atoms with E-state index in [0.29, 0.717) is 11.8 Å². The van der Waals surface area contributed by atoms with Crippen molar-refractivity contribution in [3.05, 3.63) is 62.1 Å². The number of fused-ring (bicyclic) bond motifs is 1. The molecule has 0 fully saturated rings. The predicted octanol–water partition coefficient (Wildman–Crippen LogP) is 7.06. The van der Waals surface area contributed by atoms with E-state index in [4.69, 9.17) is 4.74 Å². The Morgan fingerprint density at radius 1 is 1.12 bits per heavy atom. The van der Waals surface area contributed by atoms with Crippen LogP contribution in [0, 0.1) is 13.8 Å². The van der Waals surface area contributed by atoms with Crippen LogP contribution in [0.15, 0.2) is 28.7 Å². The Bertz CT molecular complexity index is 759. The molecule has 1 atom stereocenters. The van der Waals surface area contributed by atoms with Crippen LogP contribution in [-0.4, -0.2) is 6.61 Å². The Morgan fingerprint density at radius 3 is 2.40 bits per heavy atom. The van der Waals surface area contributed by atoms with Gasteiger partial charge in [-0.15, -0.1) is 0 Å². The molecule has 0 saturated heterocycles. The molecule has 1 nitrogen and oxygen atoms in total. The van der Waals surface area contributed by atoms with E-state index >= 15 is 0 Å². The lowest BCUT2D eigenvalue weighted by Crippen LogP contribution is -2.02. The largest absolute Gasteiger partial charge is 0.492 e. The molecule has 3 rings (SSSR count). The van der Waals surface area contributed by atoms with E-state index < -0.39 is 0 Å². The average molecular weight is 401 g/mol. The van der Waals surface area contributed by atoms with Crippen LogP contribution in [0.5, 0.6) is 5.75 Å². The molecule has 25 heavy (non-hydrogen) atoms. The van der Waals surface area contributed by atoms with Crippen molar-refractivity contribution in [2.45, 2.75) is 65.7 Å². The van der Waals surface area contributed by atoms with Gasteiger partial charge >= 0.3 is 0 Å². The lowest BCUT2D eigenvalue weighted by molar-refractivity contribution is 0.322. The summed E-state index contributed by atoms with van der Waals surface area (Å²) in [5.74, 6) is 2.27. The minimum atomic E-state index is 0.541. The fourth-order valence-electron chi connectivity index (χ4n) is 3.97. The van der Waals surface area contributed by atoms with Crippen molar-refractivity contribution in [1.29, 1.82) is 0 Å². The maximum atomic E-state index is 6.22. The van der Waals surface area contributed by atoms with Gasteiger partial charge in [0, 0.05) is 27.9 Å². The van der Waals surface area contributed by atoms with Crippen molar-refractivity contribution < 1.29 is 4.74 Å². The normalized spacial score (nSPS) is 16.2. The molecule has 2 heteroatoms. The number of halogens is 1. The van der Waals surface area contributed by atoms with Gasteiger partial charge in [0.15, 0.2) is 0 Å². The highest BCUT2D eigenvalue weighted by molar-refractivity contribution is 9.10. The van der Waals surface area contributed by atoms with E-state index in [1.165, 1.54) is 50.7 Å². The molecule has 0 aliphatic carbocycles. The minimum Gasteiger partial charge on any atom is -0.492 e. The molecule has 0 amide bonds. The first kappa shape index (κ1) is 18.5. The molecule has 0 radical (unpaired) electrons. The van der Waals surface area contributed by atoms with Crippen LogP contribution >= 0.6 is 15.9 Å². The second kappa shape index (κ2) is 7.53. The Hall–Kier alpha value is -1.28. The molecule has 0 aromatic heterocycles. The van der Waals surface area contributed by atoms with Gasteiger partial charge in [-0.1, -0.05) is 67.4 Å². The lowest BCUT2D eigenvalue weighted by atomic mass is 9.87. The molecule has 0 N–H and O–H groups in total. The van der Waals surface area contributed by atoms with Gasteiger partial charge in [0.2, 0.25) is 0 Å². The van der Waals surface area contributed by atoms with Crippen molar-refractivity contribution in [3.8, 4) is 5.75 Å². The third-order valence-electron chi connectivity index (χ3n) is 5.54. The highest BCUT2D eigenvalue weighted by Gasteiger charge is 2.30. The van der Waals surface area contributed by atoms with E-state index in [9.17, 15) is 0 Å². The zero-order chi connectivity index (χ0) is 18.1. The van der Waals surface area contributed by atoms with Crippen LogP contribution in [0.3, 0.4) is 0 Å². The summed E-state index contributed by atoms with van der Waals surface area (Å²) in [6.45, 7) is 12.0. The number of benzene rings is 2. The average Bonchev–Trinajstić information content (AvgIpc) is 3.01. The Kier molecular flexibility index (Phi) is 5.58. The highest BCUT2D eigenvalue weighted by Crippen LogP contribution is 2.46. The fourth-order valence-corrected chi connectivity index (χ4v) is 4.43. The Labute approximate surface area is 160 Å². The van der Waals surface area contributed by atoms with E-state index in [-0.39, 0.29) is 0 Å². The molecule has 2 aromatic carbocycles. The molecule has 0 saturated carbocycles. The molecular formula is C23H29BrO. The summed E-state index contributed by atoms with van der Waals surface area (Å²) in [6, 6.07) is 9.07. The quantitative estimate of drug-likeness (QED) is 0.521. The summed E-state index contributed by atoms with van der Waals surface area (Å²) in [4.78, 5) is 0. The van der Waals surface area contributed by atoms with Gasteiger partial charge in [0.25, 0.3) is 0 Å². The first-order valence-corrected chi connectivity index (χ1v) is 10.3. The van der Waals surface area contributed by atoms with Crippen LogP contribution in [0.2, 0.25) is 0 Å². The summed E-state index contributed by atoms with van der Waals surface area (Å²) in [5, 5.41) is 0. The number of ether oxygens (including phenoxy) is 1. The first-order chi connectivity index (χ1) is 11.9. The topological polar surface area (TPSA) is 9.23 Å². The van der Waals surface area contributed by atoms with E-state index in [2.05, 4.69) is 74.8 Å². The van der Waals surface area contributed by atoms with Crippen molar-refractivity contribution in [3.63, 3.8) is 0 Å². The zero-order valence-electron chi connectivity index (χ0n) is 16.1. The zero-order valence-corrected chi connectivity index (χ0v) is 17.7. The molecule has 1 aliphatic heterocycles. The lowest BCUT2D eigenvalue weighted by Gasteiger charge is -2.18. The molecule has 0 spiro atoms. The van der Waals surface area contributed by atoms with Gasteiger partial charge in [-0.3, -0.25) is 0 Å². The summed E-state index contributed by atoms with van der Waals surface area (Å²) >= 11 is 3.85. The van der Waals surface area contributed by atoms with Crippen LogP contribution in [0.4, 0.5) is 0 Å². The molecule has 2 aromatic rings. The van der Waals surface area contributed by atoms with Gasteiger partial charge < -0.3 is 4.74 Å². The summed E-state index contributed by atoms with van der Waals surface area (Å²) in [7, 11) is 0. The maximum absolute atomic E-state index is 6.22. The summed E-state index contributed by atoms with van der Waals surface area (Å²) in [5.41, 5.74) is 8.23. The molecule has 1 unspecified atom stereocenters. The minimum absolute atomic E-state index is 0.541. The Balaban J connectivity index is 2.00. The van der Waals surface area contributed by atoms with E-state index in [0.717, 1.165) is 18.8 Å². The summed E-state index contributed by atoms with van der Waals surface area (Å²) < 4.78 is 7.48. The van der Waals surface area contributed by atoms with Crippen LogP contribution in [-0.2, 0) is 6.42 Å². The standard InChI is InChI=1S/C23H29BrO/c1-6-7-19-13-25-23-20(15(4)22(24)16(5)21(19)23)12-17-8-10-18(11-9-17)14(2)3/h8-11,14,19H,6-7,12-13H2,1-5H3. The highest BCUT2D eigenvalue weighted by atomic mass is 79.9. The van der Waals surface area contributed by atoms with Gasteiger partial charge in [-0.05, 0) is 48.4 Å². The molecule has 1 aliphatic rings. The van der Waals surface area contributed by atoms with Gasteiger partial charge in [-0.25, -0.2) is 0 Å². The second-order valence-corrected chi connectivity index (χ2v) is 8.45. The third-order valence-corrected chi connectivity index (χ3v) is 6.72. The van der Waals surface area contributed by atoms with Crippen LogP contribution in [0.1, 0.15) is 78.8 Å². The SMILES string of the molecule is CCCC1COc2c(Cc3ccc(C(C)C)cc3)c(C)c(Br)c(C)c21. The van der Waals surface area contributed by atoms with Crippen molar-refractivity contribution in [2.75, 3.05) is 6.61 Å². The van der Waals surface area contributed by atoms with E-state index in [1.807, 2.05) is 0 Å². The number of hydrogen-bond donors (Lipinski definition) is 0. The smallest absolute Gasteiger partial charge is 0.127 e. The molecule has 134 valence electrons. The van der Waals surface area contributed by atoms with Crippen molar-refractivity contribution in [2.24, 2.45) is 0 Å². The number of rotatable bonds is 5. The van der Waals surface area contributed by atoms with Gasteiger partial charge in [0.05, 0.1) is 6.61 Å². The van der Waals surface area contributed by atoms with Crippen LogP contribution < -0.4 is 4.74 Å². The maximum Gasteiger partial charge on any atom is 0.127 e. The third kappa shape index (κ3) is 3.51. The predicted molar refractivity (Wildman–Crippen MR) is 110 cm³/mol. The van der Waals surface area contributed by atoms with Gasteiger partial charge in [-0.2, -0.15) is 0 Å². The fraction of sp³-hybridized carbons (Fsp3) is 0.478. The molecule has 1 heterocycles. The Morgan fingerprint density at radius 2 is 1.80 bits per heavy atom. The second-order valence-electron chi connectivity index (χ2n) is 7.65. The summed E-state index contributed by atoms with van der Waals surface area (Å²) in [6.07, 6.45) is 3.33. The molecule has 0 bridgehead atoms. The first-order valence-electron chi connectivity index (χ1n) is 9.47. The van der Waals surface area contributed by atoms with Crippen LogP contribution in [0.25, 0.3) is 0 Å². The van der Waals surface area contributed by atoms with Gasteiger partial charge in [0.1, 0.15) is 5.75 Å². The monoisotopic (exact) mass is 400 g/mol. The molecular weight excluding hydrogens is 372 g/mol. The van der Waals surface area contributed by atoms with Crippen molar-refractivity contribution in [1.82, 2.24) is 0 Å². The van der Waals surface area contributed by atoms with E-state index in [1.54, 1.807) is 0 Å². The van der Waals surface area contributed by atoms with Crippen molar-refractivity contribution >= 4 is 15.9 Å². The number of hydrogen-bond acceptors (Lipinski definition) is 1.